The lowest BCUT2D eigenvalue weighted by molar-refractivity contribution is -0.122. The van der Waals surface area contributed by atoms with E-state index in [0.717, 1.165) is 37.2 Å². The second-order valence-corrected chi connectivity index (χ2v) is 5.25. The Balaban J connectivity index is 1.91. The van der Waals surface area contributed by atoms with Gasteiger partial charge in [0.15, 0.2) is 0 Å². The number of para-hydroxylation sites is 1. The van der Waals surface area contributed by atoms with E-state index in [-0.39, 0.29) is 11.3 Å². The summed E-state index contributed by atoms with van der Waals surface area (Å²) in [5.41, 5.74) is 1.70. The Bertz CT molecular complexity index is 482. The molecule has 0 bridgehead atoms. The third-order valence-electron chi connectivity index (χ3n) is 4.31. The Labute approximate surface area is 107 Å². The van der Waals surface area contributed by atoms with E-state index in [9.17, 15) is 9.82 Å². The highest BCUT2D eigenvalue weighted by Gasteiger charge is 2.48. The summed E-state index contributed by atoms with van der Waals surface area (Å²) in [7, 11) is -0.429. The molecule has 1 spiro atoms. The molecular formula is C13H17BN2O2. The number of hydrogen-bond donors (Lipinski definition) is 2. The number of carbonyl (C=O) groups is 1. The van der Waals surface area contributed by atoms with Crippen molar-refractivity contribution in [1.29, 1.82) is 0 Å². The first-order valence-corrected chi connectivity index (χ1v) is 6.46. The van der Waals surface area contributed by atoms with Crippen LogP contribution in [-0.4, -0.2) is 35.9 Å². The van der Waals surface area contributed by atoms with Crippen LogP contribution in [0.2, 0.25) is 6.82 Å². The number of amides is 1. The summed E-state index contributed by atoms with van der Waals surface area (Å²) in [4.78, 5) is 14.3. The average molecular weight is 244 g/mol. The maximum Gasteiger partial charge on any atom is 0.376 e. The molecule has 2 aliphatic heterocycles. The van der Waals surface area contributed by atoms with Gasteiger partial charge in [-0.2, -0.15) is 0 Å². The molecule has 18 heavy (non-hydrogen) atoms. The van der Waals surface area contributed by atoms with Crippen molar-refractivity contribution >= 4 is 18.6 Å². The molecule has 1 saturated heterocycles. The lowest BCUT2D eigenvalue weighted by Crippen LogP contribution is -2.50. The molecule has 4 nitrogen and oxygen atoms in total. The van der Waals surface area contributed by atoms with Crippen molar-refractivity contribution < 1.29 is 9.82 Å². The zero-order chi connectivity index (χ0) is 12.8. The molecule has 2 heterocycles. The third kappa shape index (κ3) is 1.58. The van der Waals surface area contributed by atoms with Crippen LogP contribution >= 0.6 is 0 Å². The largest absolute Gasteiger partial charge is 0.437 e. The number of nitrogens with zero attached hydrogens (tertiary/aromatic N) is 1. The van der Waals surface area contributed by atoms with Gasteiger partial charge in [-0.3, -0.25) is 4.79 Å². The lowest BCUT2D eigenvalue weighted by Gasteiger charge is -2.38. The summed E-state index contributed by atoms with van der Waals surface area (Å²) < 4.78 is 0. The predicted molar refractivity (Wildman–Crippen MR) is 71.4 cm³/mol. The number of benzene rings is 1. The minimum Gasteiger partial charge on any atom is -0.437 e. The van der Waals surface area contributed by atoms with Crippen molar-refractivity contribution in [2.45, 2.75) is 25.1 Å². The summed E-state index contributed by atoms with van der Waals surface area (Å²) in [6.07, 6.45) is 1.56. The van der Waals surface area contributed by atoms with Gasteiger partial charge in [0.1, 0.15) is 0 Å². The summed E-state index contributed by atoms with van der Waals surface area (Å²) >= 11 is 0. The van der Waals surface area contributed by atoms with Gasteiger partial charge >= 0.3 is 7.05 Å². The van der Waals surface area contributed by atoms with Crippen LogP contribution in [0.15, 0.2) is 24.3 Å². The van der Waals surface area contributed by atoms with Gasteiger partial charge in [-0.1, -0.05) is 18.2 Å². The van der Waals surface area contributed by atoms with E-state index in [1.54, 1.807) is 6.82 Å². The molecule has 2 N–H and O–H groups in total. The maximum atomic E-state index is 12.3. The van der Waals surface area contributed by atoms with Crippen molar-refractivity contribution in [3.63, 3.8) is 0 Å². The minimum absolute atomic E-state index is 0.119. The van der Waals surface area contributed by atoms with Crippen molar-refractivity contribution in [2.24, 2.45) is 0 Å². The predicted octanol–water partition coefficient (Wildman–Crippen LogP) is 1.08. The van der Waals surface area contributed by atoms with Crippen molar-refractivity contribution in [3.05, 3.63) is 29.8 Å². The van der Waals surface area contributed by atoms with Crippen molar-refractivity contribution in [1.82, 2.24) is 4.81 Å². The fourth-order valence-corrected chi connectivity index (χ4v) is 3.15. The summed E-state index contributed by atoms with van der Waals surface area (Å²) in [6, 6.07) is 7.94. The number of rotatable bonds is 1. The van der Waals surface area contributed by atoms with Gasteiger partial charge in [-0.25, -0.2) is 0 Å². The first-order chi connectivity index (χ1) is 8.63. The van der Waals surface area contributed by atoms with E-state index in [0.29, 0.717) is 0 Å². The molecule has 1 amide bonds. The minimum atomic E-state index is -0.429. The molecule has 1 fully saturated rings. The number of fused-ring (bicyclic) bond motifs is 2. The average Bonchev–Trinajstić information content (AvgIpc) is 2.64. The van der Waals surface area contributed by atoms with Crippen LogP contribution in [0.5, 0.6) is 0 Å². The fourth-order valence-electron chi connectivity index (χ4n) is 3.15. The third-order valence-corrected chi connectivity index (χ3v) is 4.31. The number of nitrogens with one attached hydrogen (secondary N) is 1. The van der Waals surface area contributed by atoms with Crippen LogP contribution in [0.3, 0.4) is 0 Å². The molecule has 0 atom stereocenters. The van der Waals surface area contributed by atoms with E-state index in [1.165, 1.54) is 0 Å². The quantitative estimate of drug-likeness (QED) is 0.727. The van der Waals surface area contributed by atoms with E-state index in [4.69, 9.17) is 0 Å². The highest BCUT2D eigenvalue weighted by Crippen LogP contribution is 2.44. The second kappa shape index (κ2) is 4.11. The van der Waals surface area contributed by atoms with Gasteiger partial charge in [-0.15, -0.1) is 0 Å². The topological polar surface area (TPSA) is 52.6 Å². The second-order valence-electron chi connectivity index (χ2n) is 5.25. The van der Waals surface area contributed by atoms with Crippen LogP contribution in [0.4, 0.5) is 5.69 Å². The van der Waals surface area contributed by atoms with E-state index < -0.39 is 7.05 Å². The summed E-state index contributed by atoms with van der Waals surface area (Å²) in [5.74, 6) is 0.119. The van der Waals surface area contributed by atoms with Gasteiger partial charge in [-0.05, 0) is 44.4 Å². The summed E-state index contributed by atoms with van der Waals surface area (Å²) in [6.45, 7) is 3.31. The highest BCUT2D eigenvalue weighted by atomic mass is 16.2. The molecule has 1 aromatic carbocycles. The van der Waals surface area contributed by atoms with Crippen LogP contribution in [0.1, 0.15) is 18.4 Å². The Morgan fingerprint density at radius 3 is 2.67 bits per heavy atom. The van der Waals surface area contributed by atoms with Crippen LogP contribution in [-0.2, 0) is 10.2 Å². The SMILES string of the molecule is CB(O)N1CCC2(CC1)C(=O)Nc1ccccc12. The number of carbonyl (C=O) groups excluding carboxylic acids is 1. The standard InChI is InChI=1S/C13H17BN2O2/c1-14(18)16-8-6-13(7-9-16)10-4-2-3-5-11(10)15-12(13)17/h2-5,18H,6-9H2,1H3,(H,15,17). The van der Waals surface area contributed by atoms with E-state index in [1.807, 2.05) is 29.1 Å². The molecule has 0 aromatic heterocycles. The van der Waals surface area contributed by atoms with Gasteiger partial charge < -0.3 is 15.2 Å². The van der Waals surface area contributed by atoms with Gasteiger partial charge in [0.05, 0.1) is 5.41 Å². The molecule has 2 aliphatic rings. The van der Waals surface area contributed by atoms with Crippen LogP contribution < -0.4 is 5.32 Å². The fraction of sp³-hybridized carbons (Fsp3) is 0.462. The van der Waals surface area contributed by atoms with Gasteiger partial charge in [0, 0.05) is 5.69 Å². The zero-order valence-electron chi connectivity index (χ0n) is 10.5. The molecule has 5 heteroatoms. The smallest absolute Gasteiger partial charge is 0.376 e. The van der Waals surface area contributed by atoms with Crippen LogP contribution in [0.25, 0.3) is 0 Å². The van der Waals surface area contributed by atoms with Gasteiger partial charge in [0.2, 0.25) is 5.91 Å². The molecule has 94 valence electrons. The lowest BCUT2D eigenvalue weighted by atomic mass is 9.70. The molecule has 0 radical (unpaired) electrons. The van der Waals surface area contributed by atoms with Crippen molar-refractivity contribution in [3.8, 4) is 0 Å². The zero-order valence-corrected chi connectivity index (χ0v) is 10.5. The first-order valence-electron chi connectivity index (χ1n) is 6.46. The maximum absolute atomic E-state index is 12.3. The molecule has 0 unspecified atom stereocenters. The number of hydrogen-bond acceptors (Lipinski definition) is 3. The Kier molecular flexibility index (Phi) is 2.68. The molecular weight excluding hydrogens is 227 g/mol. The normalized spacial score (nSPS) is 21.8. The number of anilines is 1. The Hall–Kier alpha value is -1.33. The molecule has 1 aromatic rings. The van der Waals surface area contributed by atoms with Crippen LogP contribution in [0, 0.1) is 0 Å². The summed E-state index contributed by atoms with van der Waals surface area (Å²) in [5, 5.41) is 12.6. The highest BCUT2D eigenvalue weighted by molar-refractivity contribution is 6.45. The van der Waals surface area contributed by atoms with Crippen molar-refractivity contribution in [2.75, 3.05) is 18.4 Å². The molecule has 0 saturated carbocycles. The van der Waals surface area contributed by atoms with E-state index in [2.05, 4.69) is 5.32 Å². The Morgan fingerprint density at radius 1 is 1.33 bits per heavy atom. The molecule has 3 rings (SSSR count). The first kappa shape index (κ1) is 11.7. The van der Waals surface area contributed by atoms with E-state index >= 15 is 0 Å². The number of piperidine rings is 1. The Morgan fingerprint density at radius 2 is 2.00 bits per heavy atom. The van der Waals surface area contributed by atoms with Gasteiger partial charge in [0.25, 0.3) is 0 Å². The molecule has 0 aliphatic carbocycles. The monoisotopic (exact) mass is 244 g/mol.